The maximum Gasteiger partial charge on any atom is 0.347 e. The number of halogens is 4. The number of carbonyl (C=O) groups is 2. The van der Waals surface area contributed by atoms with Crippen LogP contribution in [0.25, 0.3) is 0 Å². The van der Waals surface area contributed by atoms with Gasteiger partial charge in [-0.1, -0.05) is 40.6 Å². The second-order valence-corrected chi connectivity index (χ2v) is 10.2. The van der Waals surface area contributed by atoms with E-state index in [0.29, 0.717) is 40.2 Å². The zero-order valence-electron chi connectivity index (χ0n) is 17.7. The Labute approximate surface area is 206 Å². The molecule has 1 aliphatic carbocycles. The van der Waals surface area contributed by atoms with Gasteiger partial charge in [0.15, 0.2) is 16.8 Å². The molecule has 1 unspecified atom stereocenters. The number of thiazole rings is 1. The lowest BCUT2D eigenvalue weighted by molar-refractivity contribution is 0.0700. The van der Waals surface area contributed by atoms with Crippen molar-refractivity contribution in [1.29, 1.82) is 0 Å². The van der Waals surface area contributed by atoms with Crippen LogP contribution >= 0.6 is 34.5 Å². The van der Waals surface area contributed by atoms with Crippen molar-refractivity contribution in [3.63, 3.8) is 0 Å². The maximum atomic E-state index is 13.6. The van der Waals surface area contributed by atoms with E-state index in [0.717, 1.165) is 23.5 Å². The molecule has 2 aromatic heterocycles. The number of aromatic nitrogens is 2. The largest absolute Gasteiger partial charge is 0.477 e. The van der Waals surface area contributed by atoms with Crippen molar-refractivity contribution in [3.8, 4) is 0 Å². The number of fused-ring (bicyclic) bond motifs is 1. The van der Waals surface area contributed by atoms with E-state index in [1.807, 2.05) is 4.90 Å². The first-order valence-corrected chi connectivity index (χ1v) is 12.0. The van der Waals surface area contributed by atoms with E-state index in [-0.39, 0.29) is 45.8 Å². The summed E-state index contributed by atoms with van der Waals surface area (Å²) in [7, 11) is 0. The first-order valence-electron chi connectivity index (χ1n) is 10.4. The summed E-state index contributed by atoms with van der Waals surface area (Å²) in [6, 6.07) is 3.45. The molecule has 3 aromatic rings. The van der Waals surface area contributed by atoms with E-state index >= 15 is 0 Å². The van der Waals surface area contributed by atoms with Crippen molar-refractivity contribution in [2.45, 2.75) is 19.4 Å². The van der Waals surface area contributed by atoms with E-state index in [2.05, 4.69) is 15.3 Å². The molecule has 3 heterocycles. The van der Waals surface area contributed by atoms with Crippen molar-refractivity contribution in [2.75, 3.05) is 18.0 Å². The number of aromatic amines is 1. The molecule has 178 valence electrons. The number of amides is 1. The number of carbonyl (C=O) groups excluding carboxylic acids is 1. The molecule has 0 spiro atoms. The summed E-state index contributed by atoms with van der Waals surface area (Å²) in [5, 5.41) is 13.7. The summed E-state index contributed by atoms with van der Waals surface area (Å²) in [6.45, 7) is 2.96. The third-order valence-electron chi connectivity index (χ3n) is 6.28. The molecule has 1 aliphatic heterocycles. The predicted molar refractivity (Wildman–Crippen MR) is 124 cm³/mol. The summed E-state index contributed by atoms with van der Waals surface area (Å²) in [5.74, 6) is -2.97. The van der Waals surface area contributed by atoms with Crippen LogP contribution in [0.15, 0.2) is 18.2 Å². The number of carboxylic acids is 1. The van der Waals surface area contributed by atoms with Gasteiger partial charge in [0.05, 0.1) is 15.7 Å². The molecule has 2 aliphatic rings. The highest BCUT2D eigenvalue weighted by Gasteiger charge is 2.57. The predicted octanol–water partition coefficient (Wildman–Crippen LogP) is 4.52. The molecule has 1 saturated carbocycles. The molecule has 1 amide bonds. The Morgan fingerprint density at radius 1 is 1.24 bits per heavy atom. The molecule has 7 nitrogen and oxygen atoms in total. The van der Waals surface area contributed by atoms with Gasteiger partial charge in [-0.2, -0.15) is 0 Å². The first-order chi connectivity index (χ1) is 16.1. The first kappa shape index (κ1) is 23.1. The Morgan fingerprint density at radius 3 is 2.53 bits per heavy atom. The average Bonchev–Trinajstić information content (AvgIpc) is 3.15. The quantitative estimate of drug-likeness (QED) is 0.438. The third-order valence-corrected chi connectivity index (χ3v) is 8.37. The number of rotatable bonds is 6. The van der Waals surface area contributed by atoms with Crippen LogP contribution in [0.5, 0.6) is 0 Å². The molecule has 34 heavy (non-hydrogen) atoms. The van der Waals surface area contributed by atoms with Gasteiger partial charge in [0.2, 0.25) is 0 Å². The number of hydrogen-bond donors (Lipinski definition) is 3. The van der Waals surface area contributed by atoms with Crippen LogP contribution in [0.3, 0.4) is 0 Å². The van der Waals surface area contributed by atoms with Crippen LogP contribution in [0.2, 0.25) is 10.0 Å². The molecule has 0 bridgehead atoms. The van der Waals surface area contributed by atoms with E-state index in [1.165, 1.54) is 6.07 Å². The second kappa shape index (κ2) is 8.51. The van der Waals surface area contributed by atoms with E-state index < -0.39 is 17.6 Å². The minimum absolute atomic E-state index is 0.0113. The van der Waals surface area contributed by atoms with Crippen molar-refractivity contribution >= 4 is 51.5 Å². The molecule has 1 aromatic carbocycles. The number of aryl methyl sites for hydroxylation is 1. The van der Waals surface area contributed by atoms with Crippen molar-refractivity contribution in [1.82, 2.24) is 15.3 Å². The Kier molecular flexibility index (Phi) is 5.78. The molecular formula is C22H18Cl2F2N4O3S. The summed E-state index contributed by atoms with van der Waals surface area (Å²) < 4.78 is 26.8. The van der Waals surface area contributed by atoms with Gasteiger partial charge in [0.1, 0.15) is 10.6 Å². The number of piperidine rings is 1. The molecule has 3 atom stereocenters. The van der Waals surface area contributed by atoms with Gasteiger partial charge >= 0.3 is 5.97 Å². The SMILES string of the molecule is Cc1[nH]c(C(=O)NC2[C@H]3CN(c4nc(Cc5ccc(F)c(F)c5)c(C(=O)O)s4)C[C@@H]23)c(Cl)c1Cl. The normalized spacial score (nSPS) is 21.0. The summed E-state index contributed by atoms with van der Waals surface area (Å²) in [6.07, 6.45) is 0.0770. The lowest BCUT2D eigenvalue weighted by atomic mass is 10.1. The second-order valence-electron chi connectivity index (χ2n) is 8.49. The van der Waals surface area contributed by atoms with Gasteiger partial charge in [-0.25, -0.2) is 18.6 Å². The number of benzene rings is 1. The highest BCUT2D eigenvalue weighted by atomic mass is 35.5. The van der Waals surface area contributed by atoms with Crippen LogP contribution in [0, 0.1) is 30.4 Å². The van der Waals surface area contributed by atoms with Crippen molar-refractivity contribution in [3.05, 3.63) is 67.4 Å². The van der Waals surface area contributed by atoms with Gasteiger partial charge in [-0.3, -0.25) is 4.79 Å². The molecular weight excluding hydrogens is 509 g/mol. The highest BCUT2D eigenvalue weighted by molar-refractivity contribution is 7.17. The van der Waals surface area contributed by atoms with Gasteiger partial charge in [0, 0.05) is 43.1 Å². The number of nitrogens with one attached hydrogen (secondary N) is 2. The van der Waals surface area contributed by atoms with E-state index in [4.69, 9.17) is 23.2 Å². The van der Waals surface area contributed by atoms with Crippen molar-refractivity contribution in [2.24, 2.45) is 11.8 Å². The van der Waals surface area contributed by atoms with Crippen LogP contribution in [0.4, 0.5) is 13.9 Å². The number of aromatic carboxylic acids is 1. The number of carboxylic acid groups (broad SMARTS) is 1. The fraction of sp³-hybridized carbons (Fsp3) is 0.318. The Morgan fingerprint density at radius 2 is 1.94 bits per heavy atom. The van der Waals surface area contributed by atoms with Gasteiger partial charge < -0.3 is 20.3 Å². The van der Waals surface area contributed by atoms with E-state index in [1.54, 1.807) is 6.92 Å². The Balaban J connectivity index is 1.25. The number of nitrogens with zero attached hydrogens (tertiary/aromatic N) is 2. The average molecular weight is 527 g/mol. The Bertz CT molecular complexity index is 1320. The van der Waals surface area contributed by atoms with Gasteiger partial charge in [-0.15, -0.1) is 0 Å². The maximum absolute atomic E-state index is 13.6. The third kappa shape index (κ3) is 4.03. The van der Waals surface area contributed by atoms with Gasteiger partial charge in [0.25, 0.3) is 5.91 Å². The molecule has 2 fully saturated rings. The van der Waals surface area contributed by atoms with Gasteiger partial charge in [-0.05, 0) is 24.6 Å². The monoisotopic (exact) mass is 526 g/mol. The molecule has 0 radical (unpaired) electrons. The lowest BCUT2D eigenvalue weighted by Gasteiger charge is -2.19. The number of H-pyrrole nitrogens is 1. The minimum Gasteiger partial charge on any atom is -0.477 e. The molecule has 1 saturated heterocycles. The number of hydrogen-bond acceptors (Lipinski definition) is 5. The fourth-order valence-electron chi connectivity index (χ4n) is 4.45. The number of anilines is 1. The summed E-state index contributed by atoms with van der Waals surface area (Å²) in [5.41, 5.74) is 1.59. The van der Waals surface area contributed by atoms with Crippen LogP contribution in [0.1, 0.15) is 37.1 Å². The Hall–Kier alpha value is -2.69. The minimum atomic E-state index is -1.12. The highest BCUT2D eigenvalue weighted by Crippen LogP contribution is 2.48. The standard InChI is InChI=1S/C22H18Cl2F2N4O3S/c1-8-15(23)16(24)18(27-8)20(31)29-17-10-6-30(7-11(10)17)22-28-14(19(34-22)21(32)33)5-9-2-3-12(25)13(26)4-9/h2-4,10-11,17,27H,5-7H2,1H3,(H,29,31)(H,32,33)/t10-,11+,17?. The molecule has 12 heteroatoms. The van der Waals surface area contributed by atoms with Crippen molar-refractivity contribution < 1.29 is 23.5 Å². The van der Waals surface area contributed by atoms with Crippen LogP contribution in [-0.4, -0.2) is 46.1 Å². The topological polar surface area (TPSA) is 98.3 Å². The van der Waals surface area contributed by atoms with Crippen LogP contribution < -0.4 is 10.2 Å². The summed E-state index contributed by atoms with van der Waals surface area (Å²) in [4.78, 5) is 33.8. The fourth-order valence-corrected chi connectivity index (χ4v) is 5.81. The zero-order valence-corrected chi connectivity index (χ0v) is 20.0. The molecule has 3 N–H and O–H groups in total. The smallest absolute Gasteiger partial charge is 0.347 e. The lowest BCUT2D eigenvalue weighted by Crippen LogP contribution is -2.34. The van der Waals surface area contributed by atoms with E-state index in [9.17, 15) is 23.5 Å². The zero-order chi connectivity index (χ0) is 24.3. The molecule has 5 rings (SSSR count). The van der Waals surface area contributed by atoms with Crippen LogP contribution in [-0.2, 0) is 6.42 Å². The summed E-state index contributed by atoms with van der Waals surface area (Å²) >= 11 is 13.2.